The molecule has 2 aromatic rings. The summed E-state index contributed by atoms with van der Waals surface area (Å²) in [5.74, 6) is 0.210. The molecule has 8 heteroatoms. The molecule has 0 N–H and O–H groups in total. The lowest BCUT2D eigenvalue weighted by atomic mass is 10.0. The van der Waals surface area contributed by atoms with E-state index in [1.165, 1.54) is 11.3 Å². The van der Waals surface area contributed by atoms with Gasteiger partial charge in [0, 0.05) is 37.8 Å². The lowest BCUT2D eigenvalue weighted by Gasteiger charge is -2.37. The van der Waals surface area contributed by atoms with Crippen LogP contribution in [0, 0.1) is 0 Å². The van der Waals surface area contributed by atoms with Crippen LogP contribution in [-0.4, -0.2) is 73.6 Å². The Morgan fingerprint density at radius 2 is 1.68 bits per heavy atom. The Bertz CT molecular complexity index is 977. The SMILES string of the molecule is O=C(c1cccs1)c1ccccc1C(=O)N1CCN([C@@H]2CCS(=O)(=O)C2)CC1. The molecule has 1 aromatic heterocycles. The van der Waals surface area contributed by atoms with Crippen LogP contribution in [0.15, 0.2) is 41.8 Å². The predicted octanol–water partition coefficient (Wildman–Crippen LogP) is 1.92. The summed E-state index contributed by atoms with van der Waals surface area (Å²) in [5, 5.41) is 1.85. The van der Waals surface area contributed by atoms with Gasteiger partial charge in [-0.05, 0) is 23.9 Å². The zero-order valence-corrected chi connectivity index (χ0v) is 17.0. The number of rotatable bonds is 4. The summed E-state index contributed by atoms with van der Waals surface area (Å²) >= 11 is 1.37. The molecule has 0 spiro atoms. The first kappa shape index (κ1) is 19.3. The standard InChI is InChI=1S/C20H22N2O4S2/c23-19(18-6-3-12-27-18)16-4-1-2-5-17(16)20(24)22-10-8-21(9-11-22)15-7-13-28(25,26)14-15/h1-6,12,15H,7-11,13-14H2/t15-/m1/s1. The van der Waals surface area contributed by atoms with Crippen molar-refractivity contribution in [3.05, 3.63) is 57.8 Å². The molecular weight excluding hydrogens is 396 g/mol. The minimum Gasteiger partial charge on any atom is -0.336 e. The van der Waals surface area contributed by atoms with Gasteiger partial charge in [0.15, 0.2) is 9.84 Å². The maximum atomic E-state index is 13.1. The molecule has 1 amide bonds. The number of piperazine rings is 1. The highest BCUT2D eigenvalue weighted by molar-refractivity contribution is 7.91. The normalized spacial score (nSPS) is 22.3. The average molecular weight is 419 g/mol. The van der Waals surface area contributed by atoms with E-state index in [0.29, 0.717) is 48.6 Å². The minimum atomic E-state index is -2.91. The van der Waals surface area contributed by atoms with E-state index in [-0.39, 0.29) is 29.2 Å². The fourth-order valence-corrected chi connectivity index (χ4v) is 6.37. The molecule has 6 nitrogen and oxygen atoms in total. The zero-order valence-electron chi connectivity index (χ0n) is 15.4. The third-order valence-corrected chi connectivity index (χ3v) is 8.09. The van der Waals surface area contributed by atoms with Crippen molar-refractivity contribution in [2.45, 2.75) is 12.5 Å². The van der Waals surface area contributed by atoms with Crippen molar-refractivity contribution in [3.63, 3.8) is 0 Å². The molecule has 1 aromatic carbocycles. The van der Waals surface area contributed by atoms with E-state index in [2.05, 4.69) is 4.90 Å². The maximum Gasteiger partial charge on any atom is 0.254 e. The number of benzene rings is 1. The lowest BCUT2D eigenvalue weighted by molar-refractivity contribution is 0.0585. The molecule has 2 aliphatic rings. The Hall–Kier alpha value is -2.03. The Morgan fingerprint density at radius 1 is 0.964 bits per heavy atom. The lowest BCUT2D eigenvalue weighted by Crippen LogP contribution is -2.52. The van der Waals surface area contributed by atoms with Gasteiger partial charge in [0.05, 0.1) is 21.9 Å². The summed E-state index contributed by atoms with van der Waals surface area (Å²) < 4.78 is 23.4. The highest BCUT2D eigenvalue weighted by Gasteiger charge is 2.34. The molecule has 148 valence electrons. The van der Waals surface area contributed by atoms with Crippen molar-refractivity contribution in [1.29, 1.82) is 0 Å². The molecule has 2 saturated heterocycles. The van der Waals surface area contributed by atoms with Crippen LogP contribution in [0.25, 0.3) is 0 Å². The monoisotopic (exact) mass is 418 g/mol. The Morgan fingerprint density at radius 3 is 2.29 bits per heavy atom. The number of hydrogen-bond acceptors (Lipinski definition) is 6. The second-order valence-corrected chi connectivity index (χ2v) is 10.4. The smallest absolute Gasteiger partial charge is 0.254 e. The van der Waals surface area contributed by atoms with E-state index in [1.807, 2.05) is 11.4 Å². The Balaban J connectivity index is 1.46. The summed E-state index contributed by atoms with van der Waals surface area (Å²) in [7, 11) is -2.91. The second kappa shape index (κ2) is 7.77. The van der Waals surface area contributed by atoms with Gasteiger partial charge < -0.3 is 4.90 Å². The molecule has 2 aliphatic heterocycles. The van der Waals surface area contributed by atoms with Crippen molar-refractivity contribution in [3.8, 4) is 0 Å². The molecule has 0 unspecified atom stereocenters. The quantitative estimate of drug-likeness (QED) is 0.710. The highest BCUT2D eigenvalue weighted by atomic mass is 32.2. The molecular formula is C20H22N2O4S2. The predicted molar refractivity (Wildman–Crippen MR) is 109 cm³/mol. The largest absolute Gasteiger partial charge is 0.336 e. The van der Waals surface area contributed by atoms with Crippen LogP contribution < -0.4 is 0 Å². The zero-order chi connectivity index (χ0) is 19.7. The molecule has 2 fully saturated rings. The summed E-state index contributed by atoms with van der Waals surface area (Å²) in [6, 6.07) is 10.6. The van der Waals surface area contributed by atoms with Crippen LogP contribution in [0.4, 0.5) is 0 Å². The van der Waals surface area contributed by atoms with E-state index in [9.17, 15) is 18.0 Å². The van der Waals surface area contributed by atoms with E-state index in [0.717, 1.165) is 0 Å². The van der Waals surface area contributed by atoms with Crippen LogP contribution >= 0.6 is 11.3 Å². The first-order valence-corrected chi connectivity index (χ1v) is 12.1. The highest BCUT2D eigenvalue weighted by Crippen LogP contribution is 2.22. The molecule has 28 heavy (non-hydrogen) atoms. The topological polar surface area (TPSA) is 74.8 Å². The van der Waals surface area contributed by atoms with Crippen LogP contribution in [-0.2, 0) is 9.84 Å². The van der Waals surface area contributed by atoms with Crippen LogP contribution in [0.2, 0.25) is 0 Å². The van der Waals surface area contributed by atoms with Crippen LogP contribution in [0.5, 0.6) is 0 Å². The minimum absolute atomic E-state index is 0.0648. The Kier molecular flexibility index (Phi) is 5.35. The number of sulfone groups is 1. The van der Waals surface area contributed by atoms with Crippen molar-refractivity contribution in [2.24, 2.45) is 0 Å². The second-order valence-electron chi connectivity index (χ2n) is 7.24. The maximum absolute atomic E-state index is 13.1. The fraction of sp³-hybridized carbons (Fsp3) is 0.400. The molecule has 4 rings (SSSR count). The van der Waals surface area contributed by atoms with Gasteiger partial charge in [0.1, 0.15) is 0 Å². The third kappa shape index (κ3) is 3.90. The van der Waals surface area contributed by atoms with Gasteiger partial charge in [-0.25, -0.2) is 8.42 Å². The van der Waals surface area contributed by atoms with E-state index < -0.39 is 9.84 Å². The molecule has 0 aliphatic carbocycles. The van der Waals surface area contributed by atoms with Gasteiger partial charge >= 0.3 is 0 Å². The van der Waals surface area contributed by atoms with Crippen molar-refractivity contribution < 1.29 is 18.0 Å². The van der Waals surface area contributed by atoms with Gasteiger partial charge in [0.2, 0.25) is 5.78 Å². The van der Waals surface area contributed by atoms with Gasteiger partial charge in [-0.2, -0.15) is 0 Å². The molecule has 3 heterocycles. The summed E-state index contributed by atoms with van der Waals surface area (Å²) in [6.07, 6.45) is 0.675. The first-order chi connectivity index (χ1) is 13.4. The van der Waals surface area contributed by atoms with E-state index in [1.54, 1.807) is 35.2 Å². The number of hydrogen-bond donors (Lipinski definition) is 0. The van der Waals surface area contributed by atoms with Crippen LogP contribution in [0.3, 0.4) is 0 Å². The summed E-state index contributed by atoms with van der Waals surface area (Å²) in [6.45, 7) is 2.40. The molecule has 1 atom stereocenters. The van der Waals surface area contributed by atoms with Gasteiger partial charge in [-0.3, -0.25) is 14.5 Å². The Labute approximate surface area is 168 Å². The van der Waals surface area contributed by atoms with Gasteiger partial charge in [0.25, 0.3) is 5.91 Å². The van der Waals surface area contributed by atoms with E-state index >= 15 is 0 Å². The van der Waals surface area contributed by atoms with Crippen molar-refractivity contribution in [1.82, 2.24) is 9.80 Å². The molecule has 0 bridgehead atoms. The van der Waals surface area contributed by atoms with Gasteiger partial charge in [-0.15, -0.1) is 11.3 Å². The first-order valence-electron chi connectivity index (χ1n) is 9.35. The van der Waals surface area contributed by atoms with Crippen LogP contribution in [0.1, 0.15) is 32.0 Å². The summed E-state index contributed by atoms with van der Waals surface area (Å²) in [4.78, 5) is 30.4. The number of amides is 1. The third-order valence-electron chi connectivity index (χ3n) is 5.47. The molecule has 0 saturated carbocycles. The van der Waals surface area contributed by atoms with Gasteiger partial charge in [-0.1, -0.05) is 24.3 Å². The van der Waals surface area contributed by atoms with E-state index in [4.69, 9.17) is 0 Å². The number of carbonyl (C=O) groups excluding carboxylic acids is 2. The summed E-state index contributed by atoms with van der Waals surface area (Å²) in [5.41, 5.74) is 0.858. The average Bonchev–Trinajstić information content (AvgIpc) is 3.37. The van der Waals surface area contributed by atoms with Crippen molar-refractivity contribution in [2.75, 3.05) is 37.7 Å². The number of thiophene rings is 1. The fourth-order valence-electron chi connectivity index (χ4n) is 3.93. The number of ketones is 1. The number of carbonyl (C=O) groups is 2. The molecule has 0 radical (unpaired) electrons. The van der Waals surface area contributed by atoms with Crippen molar-refractivity contribution >= 4 is 32.9 Å². The number of nitrogens with zero attached hydrogens (tertiary/aromatic N) is 2.